The van der Waals surface area contributed by atoms with E-state index in [2.05, 4.69) is 11.9 Å². The van der Waals surface area contributed by atoms with Crippen LogP contribution in [0.1, 0.15) is 30.1 Å². The summed E-state index contributed by atoms with van der Waals surface area (Å²) in [5.74, 6) is 0.500. The number of nitrogens with zero attached hydrogens (tertiary/aromatic N) is 1. The lowest BCUT2D eigenvalue weighted by Gasteiger charge is -2.31. The standard InChI is InChI=1S/C16H18N2O2/c1-11-5-4-8-18(10-11)16(20)13-9-15(19)17-14-7-3-2-6-12(13)14/h2-3,6-7,9,11H,4-5,8,10H2,1H3,(H,17,19). The molecule has 1 aliphatic rings. The Labute approximate surface area is 117 Å². The van der Waals surface area contributed by atoms with Crippen molar-refractivity contribution < 1.29 is 4.79 Å². The van der Waals surface area contributed by atoms with Gasteiger partial charge < -0.3 is 9.88 Å². The normalized spacial score (nSPS) is 19.2. The molecule has 104 valence electrons. The van der Waals surface area contributed by atoms with Crippen molar-refractivity contribution in [2.45, 2.75) is 19.8 Å². The number of piperidine rings is 1. The number of likely N-dealkylation sites (tertiary alicyclic amines) is 1. The predicted octanol–water partition coefficient (Wildman–Crippen LogP) is 2.40. The zero-order valence-corrected chi connectivity index (χ0v) is 11.6. The molecule has 0 saturated carbocycles. The van der Waals surface area contributed by atoms with Crippen molar-refractivity contribution in [1.29, 1.82) is 0 Å². The minimum atomic E-state index is -0.225. The third-order valence-electron chi connectivity index (χ3n) is 3.93. The van der Waals surface area contributed by atoms with E-state index in [-0.39, 0.29) is 11.5 Å². The number of aromatic amines is 1. The molecule has 4 heteroatoms. The number of hydrogen-bond donors (Lipinski definition) is 1. The van der Waals surface area contributed by atoms with Gasteiger partial charge in [0.2, 0.25) is 5.56 Å². The first-order valence-electron chi connectivity index (χ1n) is 7.06. The molecule has 0 aliphatic carbocycles. The fourth-order valence-corrected chi connectivity index (χ4v) is 2.93. The van der Waals surface area contributed by atoms with Crippen molar-refractivity contribution in [3.63, 3.8) is 0 Å². The molecule has 2 aromatic rings. The van der Waals surface area contributed by atoms with Crippen LogP contribution < -0.4 is 5.56 Å². The molecule has 1 aromatic heterocycles. The van der Waals surface area contributed by atoms with E-state index < -0.39 is 0 Å². The van der Waals surface area contributed by atoms with Crippen LogP contribution in [0.15, 0.2) is 35.1 Å². The fraction of sp³-hybridized carbons (Fsp3) is 0.375. The van der Waals surface area contributed by atoms with E-state index in [4.69, 9.17) is 0 Å². The lowest BCUT2D eigenvalue weighted by molar-refractivity contribution is 0.0685. The minimum Gasteiger partial charge on any atom is -0.338 e. The third-order valence-corrected chi connectivity index (χ3v) is 3.93. The van der Waals surface area contributed by atoms with Gasteiger partial charge in [-0.05, 0) is 24.8 Å². The van der Waals surface area contributed by atoms with Crippen LogP contribution in [-0.4, -0.2) is 28.9 Å². The Bertz CT molecular complexity index is 705. The number of para-hydroxylation sites is 1. The molecule has 4 nitrogen and oxygen atoms in total. The second-order valence-electron chi connectivity index (χ2n) is 5.59. The van der Waals surface area contributed by atoms with Crippen LogP contribution in [0.5, 0.6) is 0 Å². The number of rotatable bonds is 1. The molecule has 1 atom stereocenters. The van der Waals surface area contributed by atoms with Gasteiger partial charge in [-0.25, -0.2) is 0 Å². The van der Waals surface area contributed by atoms with Crippen molar-refractivity contribution in [1.82, 2.24) is 9.88 Å². The van der Waals surface area contributed by atoms with Crippen LogP contribution in [-0.2, 0) is 0 Å². The van der Waals surface area contributed by atoms with Crippen LogP contribution in [0.25, 0.3) is 10.9 Å². The van der Waals surface area contributed by atoms with Crippen molar-refractivity contribution in [2.24, 2.45) is 5.92 Å². The monoisotopic (exact) mass is 270 g/mol. The molecule has 1 fully saturated rings. The Morgan fingerprint density at radius 3 is 2.95 bits per heavy atom. The smallest absolute Gasteiger partial charge is 0.254 e. The summed E-state index contributed by atoms with van der Waals surface area (Å²) in [6.45, 7) is 3.72. The first-order chi connectivity index (χ1) is 9.65. The first kappa shape index (κ1) is 12.9. The fourth-order valence-electron chi connectivity index (χ4n) is 2.93. The van der Waals surface area contributed by atoms with Crippen LogP contribution in [0, 0.1) is 5.92 Å². The number of benzene rings is 1. The Morgan fingerprint density at radius 1 is 1.35 bits per heavy atom. The molecule has 1 N–H and O–H groups in total. The number of aromatic nitrogens is 1. The topological polar surface area (TPSA) is 53.2 Å². The predicted molar refractivity (Wildman–Crippen MR) is 78.9 cm³/mol. The zero-order valence-electron chi connectivity index (χ0n) is 11.6. The summed E-state index contributed by atoms with van der Waals surface area (Å²) in [7, 11) is 0. The molecule has 0 bridgehead atoms. The molecule has 3 rings (SSSR count). The molecular formula is C16H18N2O2. The van der Waals surface area contributed by atoms with Gasteiger partial charge in [0.05, 0.1) is 5.56 Å². The molecule has 0 radical (unpaired) electrons. The molecule has 20 heavy (non-hydrogen) atoms. The van der Waals surface area contributed by atoms with Gasteiger partial charge in [-0.2, -0.15) is 0 Å². The highest BCUT2D eigenvalue weighted by atomic mass is 16.2. The summed E-state index contributed by atoms with van der Waals surface area (Å²) in [4.78, 5) is 29.1. The van der Waals surface area contributed by atoms with Crippen molar-refractivity contribution in [3.8, 4) is 0 Å². The number of H-pyrrole nitrogens is 1. The average molecular weight is 270 g/mol. The van der Waals surface area contributed by atoms with E-state index in [0.29, 0.717) is 17.0 Å². The molecule has 1 unspecified atom stereocenters. The van der Waals surface area contributed by atoms with Gasteiger partial charge in [0.1, 0.15) is 0 Å². The SMILES string of the molecule is CC1CCCN(C(=O)c2cc(=O)[nH]c3ccccc23)C1. The zero-order chi connectivity index (χ0) is 14.1. The van der Waals surface area contributed by atoms with Gasteiger partial charge >= 0.3 is 0 Å². The van der Waals surface area contributed by atoms with E-state index in [1.54, 1.807) is 0 Å². The number of fused-ring (bicyclic) bond motifs is 1. The van der Waals surface area contributed by atoms with E-state index in [9.17, 15) is 9.59 Å². The van der Waals surface area contributed by atoms with Gasteiger partial charge in [0, 0.05) is 30.1 Å². The van der Waals surface area contributed by atoms with Gasteiger partial charge in [0.15, 0.2) is 0 Å². The summed E-state index contributed by atoms with van der Waals surface area (Å²) in [5.41, 5.74) is 1.00. The Hall–Kier alpha value is -2.10. The molecule has 1 amide bonds. The highest BCUT2D eigenvalue weighted by molar-refractivity contribution is 6.05. The summed E-state index contributed by atoms with van der Waals surface area (Å²) >= 11 is 0. The quantitative estimate of drug-likeness (QED) is 0.865. The first-order valence-corrected chi connectivity index (χ1v) is 7.06. The number of hydrogen-bond acceptors (Lipinski definition) is 2. The Kier molecular flexibility index (Phi) is 3.30. The van der Waals surface area contributed by atoms with Crippen LogP contribution in [0.2, 0.25) is 0 Å². The van der Waals surface area contributed by atoms with Gasteiger partial charge in [-0.15, -0.1) is 0 Å². The van der Waals surface area contributed by atoms with Crippen molar-refractivity contribution in [2.75, 3.05) is 13.1 Å². The average Bonchev–Trinajstić information content (AvgIpc) is 2.45. The highest BCUT2D eigenvalue weighted by Gasteiger charge is 2.23. The lowest BCUT2D eigenvalue weighted by Crippen LogP contribution is -2.39. The summed E-state index contributed by atoms with van der Waals surface area (Å²) in [6.07, 6.45) is 2.20. The van der Waals surface area contributed by atoms with Crippen LogP contribution in [0.4, 0.5) is 0 Å². The maximum absolute atomic E-state index is 12.7. The summed E-state index contributed by atoms with van der Waals surface area (Å²) in [5, 5.41) is 0.815. The molecule has 1 saturated heterocycles. The number of carbonyl (C=O) groups is 1. The largest absolute Gasteiger partial charge is 0.338 e. The number of amides is 1. The second-order valence-corrected chi connectivity index (χ2v) is 5.59. The molecular weight excluding hydrogens is 252 g/mol. The Balaban J connectivity index is 2.05. The van der Waals surface area contributed by atoms with E-state index in [0.717, 1.165) is 24.9 Å². The van der Waals surface area contributed by atoms with Crippen molar-refractivity contribution >= 4 is 16.8 Å². The Morgan fingerprint density at radius 2 is 2.15 bits per heavy atom. The molecule has 2 heterocycles. The van der Waals surface area contributed by atoms with E-state index in [1.165, 1.54) is 12.5 Å². The second kappa shape index (κ2) is 5.12. The summed E-state index contributed by atoms with van der Waals surface area (Å²) in [6, 6.07) is 8.87. The van der Waals surface area contributed by atoms with Crippen LogP contribution in [0.3, 0.4) is 0 Å². The highest BCUT2D eigenvalue weighted by Crippen LogP contribution is 2.21. The number of carbonyl (C=O) groups excluding carboxylic acids is 1. The van der Waals surface area contributed by atoms with Gasteiger partial charge in [-0.1, -0.05) is 25.1 Å². The van der Waals surface area contributed by atoms with E-state index >= 15 is 0 Å². The lowest BCUT2D eigenvalue weighted by atomic mass is 9.99. The summed E-state index contributed by atoms with van der Waals surface area (Å²) < 4.78 is 0. The maximum Gasteiger partial charge on any atom is 0.254 e. The number of pyridine rings is 1. The third kappa shape index (κ3) is 2.33. The van der Waals surface area contributed by atoms with E-state index in [1.807, 2.05) is 29.2 Å². The maximum atomic E-state index is 12.7. The van der Waals surface area contributed by atoms with Gasteiger partial charge in [0.25, 0.3) is 5.91 Å². The molecule has 0 spiro atoms. The van der Waals surface area contributed by atoms with Gasteiger partial charge in [-0.3, -0.25) is 9.59 Å². The van der Waals surface area contributed by atoms with Crippen LogP contribution >= 0.6 is 0 Å². The molecule has 1 aromatic carbocycles. The minimum absolute atomic E-state index is 0.0288. The molecule has 1 aliphatic heterocycles. The number of nitrogens with one attached hydrogen (secondary N) is 1. The van der Waals surface area contributed by atoms with Crippen molar-refractivity contribution in [3.05, 3.63) is 46.2 Å².